The maximum absolute atomic E-state index is 11.2. The minimum atomic E-state index is -1.05. The normalized spacial score (nSPS) is 11.6. The van der Waals surface area contributed by atoms with Gasteiger partial charge in [0.25, 0.3) is 0 Å². The zero-order chi connectivity index (χ0) is 13.0. The molecule has 0 spiro atoms. The lowest BCUT2D eigenvalue weighted by Gasteiger charge is -2.22. The van der Waals surface area contributed by atoms with Crippen LogP contribution in [0.2, 0.25) is 0 Å². The molecule has 92 valence electrons. The highest BCUT2D eigenvalue weighted by Gasteiger charge is 2.23. The lowest BCUT2D eigenvalue weighted by atomic mass is 10.2. The summed E-state index contributed by atoms with van der Waals surface area (Å²) in [6.07, 6.45) is -0.858. The third kappa shape index (κ3) is 6.80. The minimum absolute atomic E-state index is 0.679. The summed E-state index contributed by atoms with van der Waals surface area (Å²) in [5.74, 6) is 0. The van der Waals surface area contributed by atoms with Crippen molar-refractivity contribution >= 4 is 18.4 Å². The average molecular weight is 230 g/mol. The fourth-order valence-corrected chi connectivity index (χ4v) is 0.681. The van der Waals surface area contributed by atoms with Gasteiger partial charge >= 0.3 is 12.2 Å². The van der Waals surface area contributed by atoms with Crippen molar-refractivity contribution in [1.29, 1.82) is 5.41 Å². The maximum atomic E-state index is 11.2. The van der Waals surface area contributed by atoms with Crippen molar-refractivity contribution in [2.75, 3.05) is 0 Å². The predicted molar refractivity (Wildman–Crippen MR) is 58.7 cm³/mol. The Morgan fingerprint density at radius 1 is 1.06 bits per heavy atom. The number of carbonyl (C=O) groups is 2. The molecule has 0 aliphatic heterocycles. The third-order valence-electron chi connectivity index (χ3n) is 1.31. The molecule has 0 aromatic carbocycles. The van der Waals surface area contributed by atoms with Gasteiger partial charge in [-0.3, -0.25) is 0 Å². The van der Waals surface area contributed by atoms with Crippen LogP contribution in [0.1, 0.15) is 34.6 Å². The molecule has 0 bridgehead atoms. The first-order valence-electron chi connectivity index (χ1n) is 4.80. The van der Waals surface area contributed by atoms with Crippen LogP contribution >= 0.6 is 0 Å². The van der Waals surface area contributed by atoms with Crippen molar-refractivity contribution in [3.63, 3.8) is 0 Å². The van der Waals surface area contributed by atoms with Crippen LogP contribution in [-0.2, 0) is 9.47 Å². The van der Waals surface area contributed by atoms with Crippen molar-refractivity contribution in [3.05, 3.63) is 0 Å². The number of nitrogens with one attached hydrogen (secondary N) is 2. The lowest BCUT2D eigenvalue weighted by Crippen LogP contribution is -2.40. The summed E-state index contributed by atoms with van der Waals surface area (Å²) in [4.78, 5) is 22.3. The van der Waals surface area contributed by atoms with Gasteiger partial charge in [0.05, 0.1) is 0 Å². The van der Waals surface area contributed by atoms with E-state index in [1.807, 2.05) is 5.32 Å². The summed E-state index contributed by atoms with van der Waals surface area (Å²) >= 11 is 0. The number of carbonyl (C=O) groups excluding carboxylic acids is 2. The molecule has 2 amide bonds. The smallest absolute Gasteiger partial charge is 0.417 e. The molecule has 0 atom stereocenters. The van der Waals surface area contributed by atoms with Crippen molar-refractivity contribution in [1.82, 2.24) is 5.32 Å². The Kier molecular flexibility index (Phi) is 4.47. The number of hydrogen-bond acceptors (Lipinski definition) is 5. The molecule has 0 aliphatic rings. The van der Waals surface area contributed by atoms with Crippen LogP contribution in [0, 0.1) is 5.41 Å². The zero-order valence-electron chi connectivity index (χ0n) is 10.2. The summed E-state index contributed by atoms with van der Waals surface area (Å²) in [6.45, 7) is 8.08. The van der Waals surface area contributed by atoms with Crippen molar-refractivity contribution in [2.24, 2.45) is 0 Å². The van der Waals surface area contributed by atoms with E-state index in [9.17, 15) is 9.59 Å². The first-order valence-corrected chi connectivity index (χ1v) is 4.80. The summed E-state index contributed by atoms with van der Waals surface area (Å²) in [5, 5.41) is 8.88. The summed E-state index contributed by atoms with van der Waals surface area (Å²) in [7, 11) is 0. The van der Waals surface area contributed by atoms with Gasteiger partial charge in [0.2, 0.25) is 0 Å². The van der Waals surface area contributed by atoms with Gasteiger partial charge in [-0.1, -0.05) is 0 Å². The second-order valence-corrected chi connectivity index (χ2v) is 4.76. The van der Waals surface area contributed by atoms with Crippen molar-refractivity contribution in [3.8, 4) is 0 Å². The summed E-state index contributed by atoms with van der Waals surface area (Å²) in [6, 6.07) is 0. The van der Waals surface area contributed by atoms with Gasteiger partial charge in [-0.25, -0.2) is 14.9 Å². The fraction of sp³-hybridized carbons (Fsp3) is 0.700. The topological polar surface area (TPSA) is 88.5 Å². The molecule has 16 heavy (non-hydrogen) atoms. The van der Waals surface area contributed by atoms with E-state index in [2.05, 4.69) is 0 Å². The second kappa shape index (κ2) is 4.96. The molecule has 0 aliphatic carbocycles. The number of amides is 2. The fourth-order valence-electron chi connectivity index (χ4n) is 0.681. The van der Waals surface area contributed by atoms with Crippen molar-refractivity contribution < 1.29 is 19.1 Å². The molecule has 0 fully saturated rings. The Labute approximate surface area is 94.8 Å². The predicted octanol–water partition coefficient (Wildman–Crippen LogP) is 2.08. The Bertz CT molecular complexity index is 292. The molecule has 6 nitrogen and oxygen atoms in total. The Morgan fingerprint density at radius 2 is 1.50 bits per heavy atom. The van der Waals surface area contributed by atoms with Crippen LogP contribution in [0.15, 0.2) is 0 Å². The van der Waals surface area contributed by atoms with Gasteiger partial charge in [0, 0.05) is 6.21 Å². The lowest BCUT2D eigenvalue weighted by molar-refractivity contribution is 0.0455. The molecular weight excluding hydrogens is 212 g/mol. The molecule has 0 radical (unpaired) electrons. The Hall–Kier alpha value is -1.59. The van der Waals surface area contributed by atoms with Gasteiger partial charge in [-0.2, -0.15) is 0 Å². The molecular formula is C10H18N2O4. The highest BCUT2D eigenvalue weighted by atomic mass is 16.6. The van der Waals surface area contributed by atoms with E-state index in [-0.39, 0.29) is 0 Å². The number of hydrogen-bond donors (Lipinski definition) is 2. The highest BCUT2D eigenvalue weighted by Crippen LogP contribution is 2.08. The second-order valence-electron chi connectivity index (χ2n) is 4.76. The van der Waals surface area contributed by atoms with Crippen LogP contribution in [-0.4, -0.2) is 29.6 Å². The molecule has 0 aromatic rings. The largest absolute Gasteiger partial charge is 0.443 e. The first-order chi connectivity index (χ1) is 7.06. The van der Waals surface area contributed by atoms with Gasteiger partial charge in [0.15, 0.2) is 0 Å². The van der Waals surface area contributed by atoms with E-state index in [0.717, 1.165) is 6.21 Å². The zero-order valence-corrected chi connectivity index (χ0v) is 10.2. The average Bonchev–Trinajstić information content (AvgIpc) is 1.98. The molecule has 6 heteroatoms. The monoisotopic (exact) mass is 230 g/mol. The Balaban J connectivity index is 4.17. The number of ether oxygens (including phenoxy) is 2. The van der Waals surface area contributed by atoms with E-state index in [4.69, 9.17) is 14.9 Å². The number of rotatable bonds is 2. The highest BCUT2D eigenvalue weighted by molar-refractivity contribution is 5.88. The number of alkyl carbamates (subject to hydrolysis) is 2. The summed E-state index contributed by atoms with van der Waals surface area (Å²) < 4.78 is 9.63. The maximum Gasteiger partial charge on any atom is 0.417 e. The van der Waals surface area contributed by atoms with Crippen LogP contribution in [0.25, 0.3) is 0 Å². The van der Waals surface area contributed by atoms with E-state index in [1.54, 1.807) is 20.8 Å². The molecule has 0 saturated carbocycles. The van der Waals surface area contributed by atoms with Gasteiger partial charge in [0.1, 0.15) is 11.2 Å². The van der Waals surface area contributed by atoms with Gasteiger partial charge in [-0.15, -0.1) is 0 Å². The van der Waals surface area contributed by atoms with Crippen LogP contribution < -0.4 is 5.32 Å². The molecule has 0 unspecified atom stereocenters. The third-order valence-corrected chi connectivity index (χ3v) is 1.31. The molecule has 0 heterocycles. The van der Waals surface area contributed by atoms with E-state index >= 15 is 0 Å². The molecule has 2 N–H and O–H groups in total. The van der Waals surface area contributed by atoms with E-state index in [0.29, 0.717) is 0 Å². The van der Waals surface area contributed by atoms with E-state index in [1.165, 1.54) is 13.8 Å². The minimum Gasteiger partial charge on any atom is -0.443 e. The van der Waals surface area contributed by atoms with Crippen LogP contribution in [0.5, 0.6) is 0 Å². The van der Waals surface area contributed by atoms with Gasteiger partial charge in [-0.05, 0) is 34.6 Å². The molecule has 0 saturated heterocycles. The van der Waals surface area contributed by atoms with Crippen LogP contribution in [0.3, 0.4) is 0 Å². The number of imide groups is 1. The van der Waals surface area contributed by atoms with Crippen molar-refractivity contribution in [2.45, 2.75) is 45.8 Å². The quantitative estimate of drug-likeness (QED) is 0.711. The van der Waals surface area contributed by atoms with Crippen LogP contribution in [0.4, 0.5) is 9.59 Å². The molecule has 0 aromatic heterocycles. The van der Waals surface area contributed by atoms with E-state index < -0.39 is 23.4 Å². The summed E-state index contributed by atoms with van der Waals surface area (Å²) in [5.41, 5.74) is -1.73. The van der Waals surface area contributed by atoms with Gasteiger partial charge < -0.3 is 14.9 Å². The standard InChI is InChI=1S/C10H18N2O4/c1-9(2,3)15-7(13)12-8(14)16-10(4,5)6-11/h6,11H,1-5H3,(H,12,13,14). The first kappa shape index (κ1) is 14.4. The molecule has 0 rings (SSSR count). The SMILES string of the molecule is CC(C)(C)OC(=O)NC(=O)OC(C)(C)C=N. The Morgan fingerprint density at radius 3 is 1.88 bits per heavy atom.